The number of aliphatic hydroxyl groups is 1. The van der Waals surface area contributed by atoms with Crippen LogP contribution in [-0.4, -0.2) is 82.6 Å². The van der Waals surface area contributed by atoms with Crippen LogP contribution in [-0.2, 0) is 32.5 Å². The zero-order valence-electron chi connectivity index (χ0n) is 25.2. The Kier molecular flexibility index (Phi) is 10.4. The highest BCUT2D eigenvalue weighted by Crippen LogP contribution is 2.26. The van der Waals surface area contributed by atoms with Gasteiger partial charge in [0.15, 0.2) is 6.10 Å². The fourth-order valence-electron chi connectivity index (χ4n) is 5.12. The first kappa shape index (κ1) is 32.5. The third-order valence-corrected chi connectivity index (χ3v) is 10.5. The maximum absolute atomic E-state index is 14.0. The summed E-state index contributed by atoms with van der Waals surface area (Å²) in [7, 11) is -4.01. The van der Waals surface area contributed by atoms with Gasteiger partial charge >= 0.3 is 6.09 Å². The Labute approximate surface area is 266 Å². The fraction of sp³-hybridized carbons (Fsp3) is 0.375. The molecule has 5 rings (SSSR count). The van der Waals surface area contributed by atoms with E-state index in [0.29, 0.717) is 11.2 Å². The van der Waals surface area contributed by atoms with Crippen molar-refractivity contribution in [1.29, 1.82) is 0 Å². The average Bonchev–Trinajstić information content (AvgIpc) is 3.67. The van der Waals surface area contributed by atoms with Gasteiger partial charge in [0.1, 0.15) is 0 Å². The molecule has 2 N–H and O–H groups in total. The Bertz CT molecular complexity index is 1700. The number of rotatable bonds is 14. The smallest absolute Gasteiger partial charge is 0.411 e. The van der Waals surface area contributed by atoms with Crippen LogP contribution >= 0.6 is 11.3 Å². The van der Waals surface area contributed by atoms with Gasteiger partial charge in [-0.2, -0.15) is 4.31 Å². The lowest BCUT2D eigenvalue weighted by Crippen LogP contribution is -2.53. The van der Waals surface area contributed by atoms with E-state index >= 15 is 0 Å². The lowest BCUT2D eigenvalue weighted by molar-refractivity contribution is -0.129. The molecule has 13 heteroatoms. The van der Waals surface area contributed by atoms with Crippen molar-refractivity contribution < 1.29 is 27.9 Å². The van der Waals surface area contributed by atoms with Gasteiger partial charge in [-0.1, -0.05) is 56.7 Å². The molecule has 4 atom stereocenters. The number of pyridine rings is 1. The molecule has 4 aromatic rings. The summed E-state index contributed by atoms with van der Waals surface area (Å²) in [6.45, 7) is 4.08. The maximum Gasteiger partial charge on any atom is 0.411 e. The van der Waals surface area contributed by atoms with E-state index < -0.39 is 40.3 Å². The van der Waals surface area contributed by atoms with Crippen LogP contribution in [0.1, 0.15) is 31.5 Å². The van der Waals surface area contributed by atoms with Crippen molar-refractivity contribution in [3.05, 3.63) is 89.7 Å². The molecule has 45 heavy (non-hydrogen) atoms. The Morgan fingerprint density at radius 1 is 1.13 bits per heavy atom. The first-order valence-corrected chi connectivity index (χ1v) is 17.2. The lowest BCUT2D eigenvalue weighted by atomic mass is 10.0. The van der Waals surface area contributed by atoms with E-state index in [0.717, 1.165) is 16.7 Å². The van der Waals surface area contributed by atoms with Gasteiger partial charge in [-0.05, 0) is 48.2 Å². The number of thiazole rings is 1. The van der Waals surface area contributed by atoms with Crippen LogP contribution in [0.4, 0.5) is 4.79 Å². The van der Waals surface area contributed by atoms with Gasteiger partial charge in [0.05, 0.1) is 51.6 Å². The highest BCUT2D eigenvalue weighted by atomic mass is 32.2. The molecule has 2 amide bonds. The van der Waals surface area contributed by atoms with Crippen molar-refractivity contribution in [2.24, 2.45) is 5.92 Å². The third-order valence-electron chi connectivity index (χ3n) is 7.89. The zero-order chi connectivity index (χ0) is 32.0. The van der Waals surface area contributed by atoms with E-state index in [4.69, 9.17) is 4.74 Å². The predicted molar refractivity (Wildman–Crippen MR) is 171 cm³/mol. The molecule has 1 aliphatic heterocycles. The molecule has 1 aliphatic rings. The maximum atomic E-state index is 14.0. The molecule has 238 valence electrons. The number of nitrogens with one attached hydrogen (secondary N) is 1. The zero-order valence-corrected chi connectivity index (χ0v) is 26.8. The Hall–Kier alpha value is -3.91. The molecule has 0 saturated carbocycles. The first-order chi connectivity index (χ1) is 21.6. The SMILES string of the molecule is CC[C@H](C)CN(C[C@@H](O)[C@H](Cc1ccccc1)NC(=O)[C@@H]1CN(Cc2ccccn2)C(=O)O1)S(=O)(=O)c1ccc2ncsc2c1. The van der Waals surface area contributed by atoms with Crippen molar-refractivity contribution in [3.63, 3.8) is 0 Å². The van der Waals surface area contributed by atoms with E-state index in [1.165, 1.54) is 26.6 Å². The second kappa shape index (κ2) is 14.5. The number of amides is 2. The van der Waals surface area contributed by atoms with Crippen molar-refractivity contribution in [2.75, 3.05) is 19.6 Å². The largest absolute Gasteiger partial charge is 0.434 e. The molecule has 0 unspecified atom stereocenters. The van der Waals surface area contributed by atoms with Gasteiger partial charge in [-0.15, -0.1) is 11.3 Å². The van der Waals surface area contributed by atoms with Gasteiger partial charge in [0, 0.05) is 19.3 Å². The van der Waals surface area contributed by atoms with Gasteiger partial charge in [-0.25, -0.2) is 18.2 Å². The summed E-state index contributed by atoms with van der Waals surface area (Å²) in [6.07, 6.45) is -0.415. The summed E-state index contributed by atoms with van der Waals surface area (Å²) in [5.74, 6) is -0.553. The minimum atomic E-state index is -4.01. The van der Waals surface area contributed by atoms with Crippen LogP contribution in [0.15, 0.2) is 83.3 Å². The summed E-state index contributed by atoms with van der Waals surface area (Å²) >= 11 is 1.35. The number of aliphatic hydroxyl groups excluding tert-OH is 1. The number of carbonyl (C=O) groups excluding carboxylic acids is 2. The lowest BCUT2D eigenvalue weighted by Gasteiger charge is -2.31. The number of hydrogen-bond donors (Lipinski definition) is 2. The number of fused-ring (bicyclic) bond motifs is 1. The van der Waals surface area contributed by atoms with Crippen LogP contribution < -0.4 is 5.32 Å². The van der Waals surface area contributed by atoms with Crippen LogP contribution in [0, 0.1) is 5.92 Å². The summed E-state index contributed by atoms with van der Waals surface area (Å²) in [5, 5.41) is 14.5. The number of sulfonamides is 1. The van der Waals surface area contributed by atoms with E-state index in [2.05, 4.69) is 15.3 Å². The molecule has 0 spiro atoms. The van der Waals surface area contributed by atoms with Gasteiger partial charge in [-0.3, -0.25) is 14.7 Å². The summed E-state index contributed by atoms with van der Waals surface area (Å²) in [6, 6.07) is 18.6. The summed E-state index contributed by atoms with van der Waals surface area (Å²) in [4.78, 5) is 36.0. The second-order valence-corrected chi connectivity index (χ2v) is 14.1. The van der Waals surface area contributed by atoms with Crippen molar-refractivity contribution in [2.45, 2.75) is 56.4 Å². The Morgan fingerprint density at radius 2 is 1.91 bits per heavy atom. The summed E-state index contributed by atoms with van der Waals surface area (Å²) < 4.78 is 35.4. The predicted octanol–water partition coefficient (Wildman–Crippen LogP) is 3.84. The number of benzene rings is 2. The molecule has 1 fully saturated rings. The van der Waals surface area contributed by atoms with E-state index in [1.807, 2.05) is 50.2 Å². The van der Waals surface area contributed by atoms with E-state index in [9.17, 15) is 23.1 Å². The van der Waals surface area contributed by atoms with E-state index in [1.54, 1.807) is 36.0 Å². The van der Waals surface area contributed by atoms with Gasteiger partial charge < -0.3 is 15.2 Å². The fourth-order valence-corrected chi connectivity index (χ4v) is 7.51. The number of aromatic nitrogens is 2. The minimum absolute atomic E-state index is 0.0178. The summed E-state index contributed by atoms with van der Waals surface area (Å²) in [5.41, 5.74) is 3.88. The van der Waals surface area contributed by atoms with Crippen LogP contribution in [0.25, 0.3) is 10.2 Å². The molecule has 1 saturated heterocycles. The standard InChI is InChI=1S/C32H37N5O6S2/c1-3-22(2)17-37(45(41,42)25-12-13-26-30(16-25)44-21-34-26)19-28(38)27(15-23-9-5-4-6-10-23)35-31(39)29-20-36(32(40)43-29)18-24-11-7-8-14-33-24/h4-14,16,21-22,27-29,38H,3,15,17-20H2,1-2H3,(H,35,39)/t22-,27-,28+,29-/m0/s1. The monoisotopic (exact) mass is 651 g/mol. The molecule has 2 aromatic carbocycles. The van der Waals surface area contributed by atoms with Crippen LogP contribution in [0.2, 0.25) is 0 Å². The highest BCUT2D eigenvalue weighted by molar-refractivity contribution is 7.89. The van der Waals surface area contributed by atoms with Crippen molar-refractivity contribution >= 4 is 43.6 Å². The van der Waals surface area contributed by atoms with Crippen LogP contribution in [0.5, 0.6) is 0 Å². The Morgan fingerprint density at radius 3 is 2.64 bits per heavy atom. The number of nitrogens with zero attached hydrogens (tertiary/aromatic N) is 4. The first-order valence-electron chi connectivity index (χ1n) is 14.8. The number of cyclic esters (lactones) is 1. The molecule has 2 aromatic heterocycles. The molecular weight excluding hydrogens is 615 g/mol. The Balaban J connectivity index is 1.35. The normalized spacial score (nSPS) is 17.3. The molecule has 0 aliphatic carbocycles. The number of hydrogen-bond acceptors (Lipinski definition) is 9. The number of ether oxygens (including phenoxy) is 1. The quantitative estimate of drug-likeness (QED) is 0.210. The van der Waals surface area contributed by atoms with Crippen molar-refractivity contribution in [1.82, 2.24) is 24.5 Å². The minimum Gasteiger partial charge on any atom is -0.434 e. The van der Waals surface area contributed by atoms with Gasteiger partial charge in [0.25, 0.3) is 5.91 Å². The average molecular weight is 652 g/mol. The molecule has 11 nitrogen and oxygen atoms in total. The second-order valence-electron chi connectivity index (χ2n) is 11.3. The topological polar surface area (TPSA) is 142 Å². The van der Waals surface area contributed by atoms with Crippen LogP contribution in [0.3, 0.4) is 0 Å². The number of carbonyl (C=O) groups is 2. The van der Waals surface area contributed by atoms with Crippen molar-refractivity contribution in [3.8, 4) is 0 Å². The molecule has 0 radical (unpaired) electrons. The van der Waals surface area contributed by atoms with E-state index in [-0.39, 0.29) is 43.4 Å². The highest BCUT2D eigenvalue weighted by Gasteiger charge is 2.38. The molecular formula is C32H37N5O6S2. The molecule has 0 bridgehead atoms. The third kappa shape index (κ3) is 8.03. The molecule has 3 heterocycles. The van der Waals surface area contributed by atoms with Gasteiger partial charge in [0.2, 0.25) is 10.0 Å².